The highest BCUT2D eigenvalue weighted by Gasteiger charge is 2.39. The molecule has 1 saturated carbocycles. The summed E-state index contributed by atoms with van der Waals surface area (Å²) in [6.07, 6.45) is 5.10. The molecule has 0 aromatic carbocycles. The topological polar surface area (TPSA) is 87.7 Å². The number of carbonyl (C=O) groups excluding carboxylic acids is 1. The van der Waals surface area contributed by atoms with E-state index in [0.29, 0.717) is 25.6 Å². The Balaban J connectivity index is 1.65. The van der Waals surface area contributed by atoms with Crippen molar-refractivity contribution in [3.05, 3.63) is 0 Å². The van der Waals surface area contributed by atoms with E-state index in [1.807, 2.05) is 0 Å². The maximum Gasteiger partial charge on any atom is 0.314 e. The number of carboxylic acid groups (broad SMARTS) is 1. The Morgan fingerprint density at radius 2 is 2.05 bits per heavy atom. The van der Waals surface area contributed by atoms with Crippen LogP contribution in [0, 0.1) is 11.3 Å². The fraction of sp³-hybridized carbons (Fsp3) is 0.857. The van der Waals surface area contributed by atoms with Gasteiger partial charge in [0.25, 0.3) is 0 Å². The third kappa shape index (κ3) is 4.37. The molecule has 0 aromatic heterocycles. The Morgan fingerprint density at radius 1 is 1.25 bits per heavy atom. The van der Waals surface area contributed by atoms with Crippen LogP contribution in [0.25, 0.3) is 0 Å². The van der Waals surface area contributed by atoms with Crippen molar-refractivity contribution < 1.29 is 19.4 Å². The van der Waals surface area contributed by atoms with Crippen LogP contribution in [-0.4, -0.2) is 43.4 Å². The highest BCUT2D eigenvalue weighted by molar-refractivity contribution is 5.74. The number of carbonyl (C=O) groups is 2. The lowest BCUT2D eigenvalue weighted by Crippen LogP contribution is -2.47. The van der Waals surface area contributed by atoms with E-state index in [9.17, 15) is 9.59 Å². The molecule has 1 aliphatic heterocycles. The second-order valence-corrected chi connectivity index (χ2v) is 6.07. The number of aliphatic carboxylic acids is 1. The molecule has 1 aliphatic carbocycles. The van der Waals surface area contributed by atoms with E-state index in [2.05, 4.69) is 10.6 Å². The summed E-state index contributed by atoms with van der Waals surface area (Å²) >= 11 is 0. The highest BCUT2D eigenvalue weighted by atomic mass is 16.5. The Bertz CT molecular complexity index is 349. The zero-order valence-electron chi connectivity index (χ0n) is 11.8. The first kappa shape index (κ1) is 15.1. The largest absolute Gasteiger partial charge is 0.481 e. The Kier molecular flexibility index (Phi) is 5.23. The van der Waals surface area contributed by atoms with Crippen LogP contribution in [0.5, 0.6) is 0 Å². The van der Waals surface area contributed by atoms with Crippen molar-refractivity contribution in [2.24, 2.45) is 11.3 Å². The molecule has 0 aromatic rings. The van der Waals surface area contributed by atoms with Crippen molar-refractivity contribution in [1.82, 2.24) is 10.6 Å². The van der Waals surface area contributed by atoms with Gasteiger partial charge in [-0.2, -0.15) is 0 Å². The van der Waals surface area contributed by atoms with E-state index >= 15 is 0 Å². The molecule has 0 spiro atoms. The molecule has 0 radical (unpaired) electrons. The molecule has 2 rings (SSSR count). The second kappa shape index (κ2) is 6.92. The van der Waals surface area contributed by atoms with Gasteiger partial charge < -0.3 is 20.5 Å². The molecule has 1 atom stereocenters. The van der Waals surface area contributed by atoms with E-state index in [-0.39, 0.29) is 17.9 Å². The van der Waals surface area contributed by atoms with Crippen molar-refractivity contribution >= 4 is 12.0 Å². The summed E-state index contributed by atoms with van der Waals surface area (Å²) in [5.41, 5.74) is -0.225. The van der Waals surface area contributed by atoms with Crippen LogP contribution in [-0.2, 0) is 9.53 Å². The summed E-state index contributed by atoms with van der Waals surface area (Å²) in [6, 6.07) is -0.202. The number of urea groups is 1. The van der Waals surface area contributed by atoms with Gasteiger partial charge in [-0.05, 0) is 37.0 Å². The summed E-state index contributed by atoms with van der Waals surface area (Å²) in [6.45, 7) is 2.60. The van der Waals surface area contributed by atoms with E-state index in [4.69, 9.17) is 9.84 Å². The van der Waals surface area contributed by atoms with Crippen molar-refractivity contribution in [3.8, 4) is 0 Å². The van der Waals surface area contributed by atoms with Crippen LogP contribution in [0.15, 0.2) is 0 Å². The third-order valence-corrected chi connectivity index (χ3v) is 4.37. The lowest BCUT2D eigenvalue weighted by Gasteiger charge is -2.40. The van der Waals surface area contributed by atoms with Gasteiger partial charge in [0.1, 0.15) is 0 Å². The number of rotatable bonds is 6. The summed E-state index contributed by atoms with van der Waals surface area (Å²) in [7, 11) is 0. The third-order valence-electron chi connectivity index (χ3n) is 4.37. The monoisotopic (exact) mass is 284 g/mol. The molecule has 2 aliphatic rings. The molecule has 6 heteroatoms. The van der Waals surface area contributed by atoms with Crippen molar-refractivity contribution in [2.45, 2.75) is 38.5 Å². The molecule has 0 bridgehead atoms. The molecule has 2 fully saturated rings. The van der Waals surface area contributed by atoms with Gasteiger partial charge in [0.2, 0.25) is 0 Å². The first-order valence-corrected chi connectivity index (χ1v) is 7.41. The van der Waals surface area contributed by atoms with Crippen LogP contribution >= 0.6 is 0 Å². The lowest BCUT2D eigenvalue weighted by molar-refractivity contribution is -0.141. The van der Waals surface area contributed by atoms with Gasteiger partial charge in [-0.3, -0.25) is 4.79 Å². The first-order valence-electron chi connectivity index (χ1n) is 7.41. The average Bonchev–Trinajstić information content (AvgIpc) is 2.40. The van der Waals surface area contributed by atoms with Gasteiger partial charge in [-0.15, -0.1) is 0 Å². The number of nitrogens with one attached hydrogen (secondary N) is 2. The van der Waals surface area contributed by atoms with E-state index in [1.165, 1.54) is 0 Å². The van der Waals surface area contributed by atoms with Gasteiger partial charge in [-0.1, -0.05) is 6.42 Å². The Hall–Kier alpha value is -1.30. The zero-order valence-corrected chi connectivity index (χ0v) is 11.8. The van der Waals surface area contributed by atoms with E-state index < -0.39 is 5.97 Å². The molecule has 20 heavy (non-hydrogen) atoms. The van der Waals surface area contributed by atoms with Gasteiger partial charge in [-0.25, -0.2) is 4.79 Å². The first-order chi connectivity index (χ1) is 9.60. The summed E-state index contributed by atoms with van der Waals surface area (Å²) in [5.74, 6) is -0.391. The molecular weight excluding hydrogens is 260 g/mol. The molecule has 2 amide bonds. The second-order valence-electron chi connectivity index (χ2n) is 6.07. The van der Waals surface area contributed by atoms with Gasteiger partial charge >= 0.3 is 12.0 Å². The lowest BCUT2D eigenvalue weighted by atomic mass is 9.66. The summed E-state index contributed by atoms with van der Waals surface area (Å²) in [4.78, 5) is 22.6. The Labute approximate surface area is 119 Å². The highest BCUT2D eigenvalue weighted by Crippen LogP contribution is 2.43. The van der Waals surface area contributed by atoms with Crippen molar-refractivity contribution in [2.75, 3.05) is 26.3 Å². The van der Waals surface area contributed by atoms with Gasteiger partial charge in [0.05, 0.1) is 13.0 Å². The minimum absolute atomic E-state index is 0.143. The summed E-state index contributed by atoms with van der Waals surface area (Å²) < 4.78 is 5.36. The van der Waals surface area contributed by atoms with Crippen LogP contribution in [0.4, 0.5) is 4.79 Å². The maximum absolute atomic E-state index is 11.7. The zero-order chi connectivity index (χ0) is 14.4. The van der Waals surface area contributed by atoms with Crippen molar-refractivity contribution in [1.29, 1.82) is 0 Å². The average molecular weight is 284 g/mol. The van der Waals surface area contributed by atoms with E-state index in [1.54, 1.807) is 0 Å². The summed E-state index contributed by atoms with van der Waals surface area (Å²) in [5, 5.41) is 14.6. The molecule has 1 unspecified atom stereocenters. The quantitative estimate of drug-likeness (QED) is 0.687. The fourth-order valence-corrected chi connectivity index (χ4v) is 2.95. The van der Waals surface area contributed by atoms with Crippen LogP contribution in [0.3, 0.4) is 0 Å². The standard InChI is InChI=1S/C14H24N2O4/c17-12(18)7-14(4-2-5-14)10-16-13(19)15-8-11-3-1-6-20-9-11/h11H,1-10H2,(H,17,18)(H2,15,16,19). The predicted molar refractivity (Wildman–Crippen MR) is 73.5 cm³/mol. The minimum Gasteiger partial charge on any atom is -0.481 e. The van der Waals surface area contributed by atoms with Gasteiger partial charge in [0, 0.05) is 19.7 Å². The van der Waals surface area contributed by atoms with Crippen LogP contribution < -0.4 is 10.6 Å². The van der Waals surface area contributed by atoms with E-state index in [0.717, 1.165) is 38.7 Å². The minimum atomic E-state index is -0.786. The fourth-order valence-electron chi connectivity index (χ4n) is 2.95. The molecule has 1 heterocycles. The number of amides is 2. The smallest absolute Gasteiger partial charge is 0.314 e. The molecule has 1 saturated heterocycles. The number of hydrogen-bond donors (Lipinski definition) is 3. The molecule has 114 valence electrons. The SMILES string of the molecule is O=C(O)CC1(CNC(=O)NCC2CCCOC2)CCC1. The molecular formula is C14H24N2O4. The normalized spacial score (nSPS) is 24.5. The van der Waals surface area contributed by atoms with Crippen LogP contribution in [0.1, 0.15) is 38.5 Å². The number of hydrogen-bond acceptors (Lipinski definition) is 3. The Morgan fingerprint density at radius 3 is 2.60 bits per heavy atom. The molecule has 6 nitrogen and oxygen atoms in total. The number of ether oxygens (including phenoxy) is 1. The van der Waals surface area contributed by atoms with Gasteiger partial charge in [0.15, 0.2) is 0 Å². The van der Waals surface area contributed by atoms with Crippen LogP contribution in [0.2, 0.25) is 0 Å². The maximum atomic E-state index is 11.7. The number of carboxylic acids is 1. The van der Waals surface area contributed by atoms with Crippen molar-refractivity contribution in [3.63, 3.8) is 0 Å². The molecule has 3 N–H and O–H groups in total. The predicted octanol–water partition coefficient (Wildman–Crippen LogP) is 1.36.